The van der Waals surface area contributed by atoms with Gasteiger partial charge >= 0.3 is 12.5 Å². The monoisotopic (exact) mass is 353 g/mol. The summed E-state index contributed by atoms with van der Waals surface area (Å²) in [4.78, 5) is 3.18. The van der Waals surface area contributed by atoms with Crippen LogP contribution in [-0.2, 0) is 11.5 Å². The summed E-state index contributed by atoms with van der Waals surface area (Å²) in [5, 5.41) is -0.389. The zero-order valence-electron chi connectivity index (χ0n) is 9.19. The van der Waals surface area contributed by atoms with E-state index in [4.69, 9.17) is 0 Å². The van der Waals surface area contributed by atoms with Crippen molar-refractivity contribution in [1.82, 2.24) is 4.98 Å². The second kappa shape index (κ2) is 5.43. The van der Waals surface area contributed by atoms with E-state index in [2.05, 4.69) is 30.4 Å². The highest BCUT2D eigenvalue weighted by atomic mass is 79.9. The predicted molar refractivity (Wildman–Crippen MR) is 55.1 cm³/mol. The molecule has 0 N–H and O–H groups in total. The van der Waals surface area contributed by atoms with Crippen molar-refractivity contribution in [3.8, 4) is 11.6 Å². The standard InChI is InChI=1S/C9H6BrF6NO2/c1-18-6-2-4(8(11,12)13)5(3-10)17-7(6)19-9(14,15)16/h2H,3H2,1H3. The fraction of sp³-hybridized carbons (Fsp3) is 0.444. The molecule has 0 saturated carbocycles. The molecule has 0 radical (unpaired) electrons. The van der Waals surface area contributed by atoms with Gasteiger partial charge in [0.05, 0.1) is 18.4 Å². The van der Waals surface area contributed by atoms with Crippen molar-refractivity contribution in [1.29, 1.82) is 0 Å². The highest BCUT2D eigenvalue weighted by Gasteiger charge is 2.38. The predicted octanol–water partition coefficient (Wildman–Crippen LogP) is 3.90. The van der Waals surface area contributed by atoms with Gasteiger partial charge in [0.25, 0.3) is 5.88 Å². The van der Waals surface area contributed by atoms with Crippen LogP contribution >= 0.6 is 15.9 Å². The smallest absolute Gasteiger partial charge is 0.491 e. The van der Waals surface area contributed by atoms with Crippen LogP contribution < -0.4 is 9.47 Å². The molecule has 1 heterocycles. The number of ether oxygens (including phenoxy) is 2. The molecule has 0 aliphatic carbocycles. The van der Waals surface area contributed by atoms with Crippen molar-refractivity contribution in [2.45, 2.75) is 17.9 Å². The van der Waals surface area contributed by atoms with Gasteiger partial charge in [0.2, 0.25) is 0 Å². The van der Waals surface area contributed by atoms with E-state index in [1.807, 2.05) is 0 Å². The van der Waals surface area contributed by atoms with Gasteiger partial charge in [-0.15, -0.1) is 13.2 Å². The summed E-state index contributed by atoms with van der Waals surface area (Å²) >= 11 is 2.72. The first-order valence-corrected chi connectivity index (χ1v) is 5.67. The van der Waals surface area contributed by atoms with Crippen molar-refractivity contribution in [2.24, 2.45) is 0 Å². The number of alkyl halides is 7. The van der Waals surface area contributed by atoms with Crippen molar-refractivity contribution in [3.63, 3.8) is 0 Å². The van der Waals surface area contributed by atoms with Crippen LogP contribution in [0.4, 0.5) is 26.3 Å². The maximum absolute atomic E-state index is 12.6. The Kier molecular flexibility index (Phi) is 4.54. The lowest BCUT2D eigenvalue weighted by Gasteiger charge is -2.16. The molecule has 19 heavy (non-hydrogen) atoms. The Bertz CT molecular complexity index is 459. The van der Waals surface area contributed by atoms with E-state index in [1.165, 1.54) is 0 Å². The summed E-state index contributed by atoms with van der Waals surface area (Å²) in [6.45, 7) is 0. The van der Waals surface area contributed by atoms with Gasteiger partial charge in [-0.05, 0) is 6.07 Å². The molecule has 1 aromatic heterocycles. The third kappa shape index (κ3) is 4.15. The molecule has 0 aromatic carbocycles. The Hall–Kier alpha value is -1.19. The van der Waals surface area contributed by atoms with Crippen LogP contribution in [0.3, 0.4) is 0 Å². The van der Waals surface area contributed by atoms with Crippen LogP contribution in [0, 0.1) is 0 Å². The van der Waals surface area contributed by atoms with Crippen LogP contribution in [-0.4, -0.2) is 18.5 Å². The van der Waals surface area contributed by atoms with Gasteiger partial charge in [-0.3, -0.25) is 0 Å². The Labute approximate surface area is 111 Å². The lowest BCUT2D eigenvalue weighted by atomic mass is 10.2. The molecular weight excluding hydrogens is 348 g/mol. The van der Waals surface area contributed by atoms with Crippen molar-refractivity contribution in [3.05, 3.63) is 17.3 Å². The van der Waals surface area contributed by atoms with Crippen molar-refractivity contribution >= 4 is 15.9 Å². The number of pyridine rings is 1. The van der Waals surface area contributed by atoms with Crippen LogP contribution in [0.25, 0.3) is 0 Å². The fourth-order valence-electron chi connectivity index (χ4n) is 1.19. The third-order valence-corrected chi connectivity index (χ3v) is 2.43. The second-order valence-electron chi connectivity index (χ2n) is 3.17. The molecule has 0 saturated heterocycles. The Balaban J connectivity index is 3.36. The molecule has 0 bridgehead atoms. The third-order valence-electron chi connectivity index (χ3n) is 1.90. The SMILES string of the molecule is COc1cc(C(F)(F)F)c(CBr)nc1OC(F)(F)F. The molecule has 0 spiro atoms. The van der Waals surface area contributed by atoms with Gasteiger partial charge in [0.15, 0.2) is 5.75 Å². The summed E-state index contributed by atoms with van der Waals surface area (Å²) < 4.78 is 82.1. The van der Waals surface area contributed by atoms with E-state index >= 15 is 0 Å². The van der Waals surface area contributed by atoms with Gasteiger partial charge in [0, 0.05) is 5.33 Å². The van der Waals surface area contributed by atoms with Crippen LogP contribution in [0.15, 0.2) is 6.07 Å². The molecule has 10 heteroatoms. The van der Waals surface area contributed by atoms with Crippen LogP contribution in [0.5, 0.6) is 11.6 Å². The minimum Gasteiger partial charge on any atom is -0.491 e. The number of hydrogen-bond donors (Lipinski definition) is 0. The fourth-order valence-corrected chi connectivity index (χ4v) is 1.62. The van der Waals surface area contributed by atoms with Crippen molar-refractivity contribution in [2.75, 3.05) is 7.11 Å². The first kappa shape index (κ1) is 15.9. The second-order valence-corrected chi connectivity index (χ2v) is 3.73. The van der Waals surface area contributed by atoms with Gasteiger partial charge < -0.3 is 9.47 Å². The summed E-state index contributed by atoms with van der Waals surface area (Å²) in [5.74, 6) is -1.83. The Morgan fingerprint density at radius 3 is 2.16 bits per heavy atom. The summed E-state index contributed by atoms with van der Waals surface area (Å²) in [7, 11) is 0.911. The highest BCUT2D eigenvalue weighted by Crippen LogP contribution is 2.39. The maximum Gasteiger partial charge on any atom is 0.574 e. The average molecular weight is 354 g/mol. The molecule has 0 fully saturated rings. The quantitative estimate of drug-likeness (QED) is 0.610. The molecule has 0 atom stereocenters. The van der Waals surface area contributed by atoms with Gasteiger partial charge in [-0.25, -0.2) is 4.98 Å². The average Bonchev–Trinajstić information content (AvgIpc) is 2.24. The van der Waals surface area contributed by atoms with Gasteiger partial charge in [-0.2, -0.15) is 13.2 Å². The zero-order valence-corrected chi connectivity index (χ0v) is 10.8. The molecule has 0 amide bonds. The number of rotatable bonds is 3. The van der Waals surface area contributed by atoms with E-state index < -0.39 is 35.4 Å². The molecule has 1 rings (SSSR count). The molecule has 108 valence electrons. The number of nitrogens with zero attached hydrogens (tertiary/aromatic N) is 1. The summed E-state index contributed by atoms with van der Waals surface area (Å²) in [5.41, 5.74) is -1.83. The highest BCUT2D eigenvalue weighted by molar-refractivity contribution is 9.08. The largest absolute Gasteiger partial charge is 0.574 e. The Morgan fingerprint density at radius 1 is 1.21 bits per heavy atom. The molecule has 3 nitrogen and oxygen atoms in total. The van der Waals surface area contributed by atoms with E-state index in [-0.39, 0.29) is 5.33 Å². The lowest BCUT2D eigenvalue weighted by molar-refractivity contribution is -0.276. The molecular formula is C9H6BrF6NO2. The lowest BCUT2D eigenvalue weighted by Crippen LogP contribution is -2.20. The van der Waals surface area contributed by atoms with Crippen LogP contribution in [0.2, 0.25) is 0 Å². The minimum absolute atomic E-state index is 0.389. The van der Waals surface area contributed by atoms with E-state index in [0.29, 0.717) is 6.07 Å². The number of methoxy groups -OCH3 is 1. The normalized spacial score (nSPS) is 12.4. The van der Waals surface area contributed by atoms with E-state index in [1.54, 1.807) is 0 Å². The number of aromatic nitrogens is 1. The molecule has 1 aromatic rings. The Morgan fingerprint density at radius 2 is 1.79 bits per heavy atom. The molecule has 0 aliphatic rings. The maximum atomic E-state index is 12.6. The van der Waals surface area contributed by atoms with Crippen molar-refractivity contribution < 1.29 is 35.8 Å². The molecule has 0 unspecified atom stereocenters. The number of halogens is 7. The molecule has 0 aliphatic heterocycles. The van der Waals surface area contributed by atoms with Crippen LogP contribution in [0.1, 0.15) is 11.3 Å². The summed E-state index contributed by atoms with van der Waals surface area (Å²) in [6.07, 6.45) is -9.84. The van der Waals surface area contributed by atoms with E-state index in [9.17, 15) is 26.3 Å². The zero-order chi connectivity index (χ0) is 14.8. The van der Waals surface area contributed by atoms with E-state index in [0.717, 1.165) is 7.11 Å². The van der Waals surface area contributed by atoms with Gasteiger partial charge in [-0.1, -0.05) is 15.9 Å². The summed E-state index contributed by atoms with van der Waals surface area (Å²) in [6, 6.07) is 0.407. The first-order valence-electron chi connectivity index (χ1n) is 4.55. The number of hydrogen-bond acceptors (Lipinski definition) is 3. The topological polar surface area (TPSA) is 31.4 Å². The first-order chi connectivity index (χ1) is 8.58. The van der Waals surface area contributed by atoms with Gasteiger partial charge in [0.1, 0.15) is 0 Å². The minimum atomic E-state index is -5.08.